The summed E-state index contributed by atoms with van der Waals surface area (Å²) in [6.45, 7) is 3.17. The van der Waals surface area contributed by atoms with Crippen LogP contribution in [0.1, 0.15) is 28.8 Å². The Labute approximate surface area is 160 Å². The first-order valence-corrected chi connectivity index (χ1v) is 9.43. The van der Waals surface area contributed by atoms with Crippen LogP contribution in [0.25, 0.3) is 0 Å². The van der Waals surface area contributed by atoms with Gasteiger partial charge in [0, 0.05) is 13.1 Å². The number of amides is 1. The van der Waals surface area contributed by atoms with E-state index in [-0.39, 0.29) is 12.0 Å². The number of piperidine rings is 1. The number of para-hydroxylation sites is 1. The van der Waals surface area contributed by atoms with Gasteiger partial charge in [-0.1, -0.05) is 42.5 Å². The summed E-state index contributed by atoms with van der Waals surface area (Å²) in [5, 5.41) is 0. The standard InChI is InChI=1S/C22H27NO4/c1-25-21-10-6-5-9-20(21)22(24)23-13-11-19(12-14-23)27-16-15-26-17-18-7-3-2-4-8-18/h2-10,19H,11-17H2,1H3. The van der Waals surface area contributed by atoms with E-state index in [0.29, 0.717) is 44.2 Å². The molecule has 27 heavy (non-hydrogen) atoms. The van der Waals surface area contributed by atoms with Gasteiger partial charge in [0.15, 0.2) is 0 Å². The van der Waals surface area contributed by atoms with Crippen LogP contribution in [-0.2, 0) is 16.1 Å². The largest absolute Gasteiger partial charge is 0.496 e. The van der Waals surface area contributed by atoms with Crippen LogP contribution in [0.5, 0.6) is 5.75 Å². The van der Waals surface area contributed by atoms with Crippen LogP contribution >= 0.6 is 0 Å². The van der Waals surface area contributed by atoms with E-state index in [2.05, 4.69) is 12.1 Å². The van der Waals surface area contributed by atoms with Gasteiger partial charge in [-0.2, -0.15) is 0 Å². The minimum absolute atomic E-state index is 0.0251. The SMILES string of the molecule is COc1ccccc1C(=O)N1CCC(OCCOCc2ccccc2)CC1. The lowest BCUT2D eigenvalue weighted by Crippen LogP contribution is -2.41. The number of carbonyl (C=O) groups excluding carboxylic acids is 1. The van der Waals surface area contributed by atoms with E-state index < -0.39 is 0 Å². The van der Waals surface area contributed by atoms with Crippen LogP contribution in [-0.4, -0.2) is 50.3 Å². The van der Waals surface area contributed by atoms with Gasteiger partial charge in [-0.15, -0.1) is 0 Å². The fourth-order valence-electron chi connectivity index (χ4n) is 3.26. The van der Waals surface area contributed by atoms with Crippen molar-refractivity contribution in [2.75, 3.05) is 33.4 Å². The number of carbonyl (C=O) groups is 1. The van der Waals surface area contributed by atoms with Gasteiger partial charge in [0.25, 0.3) is 5.91 Å². The van der Waals surface area contributed by atoms with Crippen molar-refractivity contribution in [1.82, 2.24) is 4.90 Å². The number of hydrogen-bond acceptors (Lipinski definition) is 4. The van der Waals surface area contributed by atoms with Crippen molar-refractivity contribution in [3.8, 4) is 5.75 Å². The number of nitrogens with zero attached hydrogens (tertiary/aromatic N) is 1. The molecule has 5 heteroatoms. The molecule has 2 aromatic rings. The van der Waals surface area contributed by atoms with Crippen molar-refractivity contribution in [1.29, 1.82) is 0 Å². The van der Waals surface area contributed by atoms with E-state index >= 15 is 0 Å². The summed E-state index contributed by atoms with van der Waals surface area (Å²) >= 11 is 0. The van der Waals surface area contributed by atoms with Gasteiger partial charge in [0.1, 0.15) is 5.75 Å². The molecule has 0 unspecified atom stereocenters. The molecule has 0 atom stereocenters. The molecule has 3 rings (SSSR count). The van der Waals surface area contributed by atoms with Crippen molar-refractivity contribution >= 4 is 5.91 Å². The minimum Gasteiger partial charge on any atom is -0.496 e. The van der Waals surface area contributed by atoms with Gasteiger partial charge in [0.2, 0.25) is 0 Å². The Balaban J connectivity index is 1.36. The molecule has 0 spiro atoms. The molecule has 144 valence electrons. The predicted octanol–water partition coefficient (Wildman–Crippen LogP) is 3.53. The maximum atomic E-state index is 12.7. The lowest BCUT2D eigenvalue weighted by atomic mass is 10.1. The third kappa shape index (κ3) is 5.55. The summed E-state index contributed by atoms with van der Waals surface area (Å²) in [5.41, 5.74) is 1.79. The van der Waals surface area contributed by atoms with E-state index in [1.54, 1.807) is 7.11 Å². The van der Waals surface area contributed by atoms with Crippen LogP contribution in [0, 0.1) is 0 Å². The zero-order chi connectivity index (χ0) is 18.9. The summed E-state index contributed by atoms with van der Waals surface area (Å²) in [6, 6.07) is 17.5. The summed E-state index contributed by atoms with van der Waals surface area (Å²) in [7, 11) is 1.59. The zero-order valence-corrected chi connectivity index (χ0v) is 15.8. The van der Waals surface area contributed by atoms with E-state index in [0.717, 1.165) is 12.8 Å². The van der Waals surface area contributed by atoms with Crippen LogP contribution in [0.15, 0.2) is 54.6 Å². The third-order valence-corrected chi connectivity index (χ3v) is 4.76. The molecule has 0 N–H and O–H groups in total. The molecule has 0 bridgehead atoms. The van der Waals surface area contributed by atoms with Crippen molar-refractivity contribution in [3.05, 3.63) is 65.7 Å². The highest BCUT2D eigenvalue weighted by Gasteiger charge is 2.25. The third-order valence-electron chi connectivity index (χ3n) is 4.76. The first-order valence-electron chi connectivity index (χ1n) is 9.43. The van der Waals surface area contributed by atoms with E-state index in [4.69, 9.17) is 14.2 Å². The number of rotatable bonds is 8. The molecule has 1 saturated heterocycles. The first-order chi connectivity index (χ1) is 13.3. The monoisotopic (exact) mass is 369 g/mol. The molecule has 0 aliphatic carbocycles. The molecule has 0 aromatic heterocycles. The number of hydrogen-bond donors (Lipinski definition) is 0. The van der Waals surface area contributed by atoms with Gasteiger partial charge >= 0.3 is 0 Å². The summed E-state index contributed by atoms with van der Waals surface area (Å²) in [5.74, 6) is 0.647. The second-order valence-corrected chi connectivity index (χ2v) is 6.60. The van der Waals surface area contributed by atoms with Gasteiger partial charge in [-0.05, 0) is 30.5 Å². The predicted molar refractivity (Wildman–Crippen MR) is 104 cm³/mol. The molecular formula is C22H27NO4. The number of benzene rings is 2. The van der Waals surface area contributed by atoms with Crippen LogP contribution in [0.3, 0.4) is 0 Å². The summed E-state index contributed by atoms with van der Waals surface area (Å²) in [6.07, 6.45) is 1.88. The molecule has 1 fully saturated rings. The molecule has 1 aliphatic rings. The van der Waals surface area contributed by atoms with Crippen LogP contribution in [0.4, 0.5) is 0 Å². The number of likely N-dealkylation sites (tertiary alicyclic amines) is 1. The average Bonchev–Trinajstić information content (AvgIpc) is 2.74. The molecular weight excluding hydrogens is 342 g/mol. The Bertz CT molecular complexity index is 711. The highest BCUT2D eigenvalue weighted by atomic mass is 16.5. The maximum absolute atomic E-state index is 12.7. The lowest BCUT2D eigenvalue weighted by Gasteiger charge is -2.32. The van der Waals surface area contributed by atoms with Crippen molar-refractivity contribution in [2.24, 2.45) is 0 Å². The Morgan fingerprint density at radius 2 is 1.70 bits per heavy atom. The number of methoxy groups -OCH3 is 1. The maximum Gasteiger partial charge on any atom is 0.257 e. The second-order valence-electron chi connectivity index (χ2n) is 6.60. The fourth-order valence-corrected chi connectivity index (χ4v) is 3.26. The Hall–Kier alpha value is -2.37. The lowest BCUT2D eigenvalue weighted by molar-refractivity contribution is -0.0229. The average molecular weight is 369 g/mol. The van der Waals surface area contributed by atoms with Crippen LogP contribution < -0.4 is 4.74 Å². The van der Waals surface area contributed by atoms with Crippen molar-refractivity contribution in [3.63, 3.8) is 0 Å². The molecule has 1 aliphatic heterocycles. The van der Waals surface area contributed by atoms with Crippen molar-refractivity contribution in [2.45, 2.75) is 25.6 Å². The molecule has 5 nitrogen and oxygen atoms in total. The molecule has 1 heterocycles. The quantitative estimate of drug-likeness (QED) is 0.668. The van der Waals surface area contributed by atoms with Crippen LogP contribution in [0.2, 0.25) is 0 Å². The highest BCUT2D eigenvalue weighted by molar-refractivity contribution is 5.97. The van der Waals surface area contributed by atoms with E-state index in [1.165, 1.54) is 5.56 Å². The molecule has 0 saturated carbocycles. The highest BCUT2D eigenvalue weighted by Crippen LogP contribution is 2.22. The van der Waals surface area contributed by atoms with Gasteiger partial charge in [0.05, 0.1) is 38.6 Å². The smallest absolute Gasteiger partial charge is 0.257 e. The Morgan fingerprint density at radius 1 is 1.00 bits per heavy atom. The molecule has 1 amide bonds. The summed E-state index contributed by atoms with van der Waals surface area (Å²) < 4.78 is 16.9. The van der Waals surface area contributed by atoms with Gasteiger partial charge < -0.3 is 19.1 Å². The van der Waals surface area contributed by atoms with Crippen molar-refractivity contribution < 1.29 is 19.0 Å². The van der Waals surface area contributed by atoms with E-state index in [9.17, 15) is 4.79 Å². The fraction of sp³-hybridized carbons (Fsp3) is 0.409. The second kappa shape index (κ2) is 10.1. The Kier molecular flexibility index (Phi) is 7.25. The van der Waals surface area contributed by atoms with E-state index in [1.807, 2.05) is 47.4 Å². The first kappa shape index (κ1) is 19.4. The molecule has 0 radical (unpaired) electrons. The Morgan fingerprint density at radius 3 is 2.44 bits per heavy atom. The zero-order valence-electron chi connectivity index (χ0n) is 15.8. The van der Waals surface area contributed by atoms with Gasteiger partial charge in [-0.3, -0.25) is 4.79 Å². The summed E-state index contributed by atoms with van der Waals surface area (Å²) in [4.78, 5) is 14.6. The minimum atomic E-state index is 0.0251. The number of ether oxygens (including phenoxy) is 3. The van der Waals surface area contributed by atoms with Gasteiger partial charge in [-0.25, -0.2) is 0 Å². The molecule has 2 aromatic carbocycles. The topological polar surface area (TPSA) is 48.0 Å². The normalized spacial score (nSPS) is 14.9.